The van der Waals surface area contributed by atoms with Crippen molar-refractivity contribution >= 4 is 17.5 Å². The molecule has 0 N–H and O–H groups in total. The molecule has 2 nitrogen and oxygen atoms in total. The van der Waals surface area contributed by atoms with Crippen LogP contribution < -0.4 is 0 Å². The van der Waals surface area contributed by atoms with E-state index in [2.05, 4.69) is 25.7 Å². The third-order valence-electron chi connectivity index (χ3n) is 3.95. The number of benzene rings is 1. The Labute approximate surface area is 133 Å². The minimum atomic E-state index is 0.161. The number of hydrogen-bond acceptors (Lipinski definition) is 3. The molecule has 0 saturated carbocycles. The normalized spacial score (nSPS) is 20.5. The Hall–Kier alpha value is -0.800. The molecular weight excluding hydrogens is 278 g/mol. The lowest BCUT2D eigenvalue weighted by Gasteiger charge is -2.36. The number of carbonyl (C=O) groups excluding carboxylic acids is 1. The molecule has 1 aliphatic heterocycles. The van der Waals surface area contributed by atoms with Gasteiger partial charge in [-0.25, -0.2) is 0 Å². The van der Waals surface area contributed by atoms with Crippen molar-refractivity contribution in [3.8, 4) is 0 Å². The van der Waals surface area contributed by atoms with Crippen LogP contribution in [0.2, 0.25) is 0 Å². The number of thioether (sulfide) groups is 1. The van der Waals surface area contributed by atoms with Gasteiger partial charge in [-0.1, -0.05) is 39.0 Å². The average molecular weight is 305 g/mol. The Morgan fingerprint density at radius 1 is 1.33 bits per heavy atom. The lowest BCUT2D eigenvalue weighted by Crippen LogP contribution is -2.42. The molecule has 1 heterocycles. The number of rotatable bonds is 4. The van der Waals surface area contributed by atoms with E-state index in [1.807, 2.05) is 30.5 Å². The minimum absolute atomic E-state index is 0.161. The van der Waals surface area contributed by atoms with Crippen molar-refractivity contribution in [2.75, 3.05) is 25.9 Å². The summed E-state index contributed by atoms with van der Waals surface area (Å²) in [7, 11) is 0. The van der Waals surface area contributed by atoms with Crippen LogP contribution in [0.25, 0.3) is 0 Å². The first-order valence-electron chi connectivity index (χ1n) is 7.80. The fourth-order valence-electron chi connectivity index (χ4n) is 3.15. The van der Waals surface area contributed by atoms with E-state index in [0.29, 0.717) is 11.2 Å². The minimum Gasteiger partial charge on any atom is -0.302 e. The zero-order valence-corrected chi connectivity index (χ0v) is 14.5. The second-order valence-electron chi connectivity index (χ2n) is 7.20. The standard InChI is InChI=1S/C18H27NOS/c1-18(2,3)13-19-11-7-8-14(12-19)17(20)15-9-5-6-10-16(15)21-4/h5-6,9-10,14H,7-8,11-13H2,1-4H3/t14-/m0/s1. The van der Waals surface area contributed by atoms with Crippen molar-refractivity contribution in [2.24, 2.45) is 11.3 Å². The first-order chi connectivity index (χ1) is 9.90. The van der Waals surface area contributed by atoms with E-state index < -0.39 is 0 Å². The largest absolute Gasteiger partial charge is 0.302 e. The lowest BCUT2D eigenvalue weighted by atomic mass is 9.88. The molecule has 0 spiro atoms. The van der Waals surface area contributed by atoms with Crippen LogP contribution in [0.5, 0.6) is 0 Å². The van der Waals surface area contributed by atoms with Crippen LogP contribution in [0.3, 0.4) is 0 Å². The highest BCUT2D eigenvalue weighted by Gasteiger charge is 2.29. The van der Waals surface area contributed by atoms with Crippen molar-refractivity contribution in [3.63, 3.8) is 0 Å². The molecule has 1 aromatic carbocycles. The van der Waals surface area contributed by atoms with Crippen LogP contribution in [-0.2, 0) is 0 Å². The molecule has 0 aliphatic carbocycles. The van der Waals surface area contributed by atoms with Crippen LogP contribution >= 0.6 is 11.8 Å². The topological polar surface area (TPSA) is 20.3 Å². The molecule has 1 aromatic rings. The van der Waals surface area contributed by atoms with E-state index in [1.54, 1.807) is 11.8 Å². The van der Waals surface area contributed by atoms with Gasteiger partial charge in [0.05, 0.1) is 0 Å². The summed E-state index contributed by atoms with van der Waals surface area (Å²) in [6, 6.07) is 8.02. The van der Waals surface area contributed by atoms with Crippen LogP contribution in [0, 0.1) is 11.3 Å². The number of carbonyl (C=O) groups is 1. The number of hydrogen-bond donors (Lipinski definition) is 0. The van der Waals surface area contributed by atoms with E-state index in [-0.39, 0.29) is 5.92 Å². The maximum atomic E-state index is 12.9. The Morgan fingerprint density at radius 2 is 2.05 bits per heavy atom. The zero-order valence-electron chi connectivity index (χ0n) is 13.7. The second kappa shape index (κ2) is 6.97. The molecule has 0 radical (unpaired) electrons. The number of likely N-dealkylation sites (tertiary alicyclic amines) is 1. The first kappa shape index (κ1) is 16.6. The SMILES string of the molecule is CSc1ccccc1C(=O)[C@H]1CCCN(CC(C)(C)C)C1. The van der Waals surface area contributed by atoms with E-state index in [4.69, 9.17) is 0 Å². The van der Waals surface area contributed by atoms with Gasteiger partial charge in [-0.15, -0.1) is 11.8 Å². The predicted octanol–water partition coefficient (Wildman–Crippen LogP) is 4.35. The summed E-state index contributed by atoms with van der Waals surface area (Å²) in [6.45, 7) is 9.91. The Bertz CT molecular complexity index is 492. The summed E-state index contributed by atoms with van der Waals surface area (Å²) in [5.74, 6) is 0.493. The third-order valence-corrected chi connectivity index (χ3v) is 4.74. The maximum absolute atomic E-state index is 12.9. The molecule has 0 aromatic heterocycles. The monoisotopic (exact) mass is 305 g/mol. The highest BCUT2D eigenvalue weighted by atomic mass is 32.2. The molecule has 0 amide bonds. The van der Waals surface area contributed by atoms with Crippen molar-refractivity contribution in [2.45, 2.75) is 38.5 Å². The third kappa shape index (κ3) is 4.58. The molecule has 21 heavy (non-hydrogen) atoms. The number of nitrogens with zero attached hydrogens (tertiary/aromatic N) is 1. The molecule has 3 heteroatoms. The summed E-state index contributed by atoms with van der Waals surface area (Å²) in [4.78, 5) is 16.4. The molecule has 2 rings (SSSR count). The van der Waals surface area contributed by atoms with Gasteiger partial charge in [-0.2, -0.15) is 0 Å². The van der Waals surface area contributed by atoms with E-state index in [9.17, 15) is 4.79 Å². The lowest BCUT2D eigenvalue weighted by molar-refractivity contribution is 0.0768. The van der Waals surface area contributed by atoms with Crippen LogP contribution in [0.15, 0.2) is 29.2 Å². The van der Waals surface area contributed by atoms with Gasteiger partial charge >= 0.3 is 0 Å². The van der Waals surface area contributed by atoms with Gasteiger partial charge in [0.15, 0.2) is 5.78 Å². The van der Waals surface area contributed by atoms with Crippen molar-refractivity contribution in [3.05, 3.63) is 29.8 Å². The van der Waals surface area contributed by atoms with E-state index in [1.165, 1.54) is 0 Å². The van der Waals surface area contributed by atoms with Crippen LogP contribution in [0.4, 0.5) is 0 Å². The highest BCUT2D eigenvalue weighted by Crippen LogP contribution is 2.28. The highest BCUT2D eigenvalue weighted by molar-refractivity contribution is 7.98. The van der Waals surface area contributed by atoms with Gasteiger partial charge in [0.1, 0.15) is 0 Å². The van der Waals surface area contributed by atoms with Crippen molar-refractivity contribution in [1.29, 1.82) is 0 Å². The summed E-state index contributed by atoms with van der Waals surface area (Å²) < 4.78 is 0. The molecule has 1 atom stereocenters. The van der Waals surface area contributed by atoms with Crippen LogP contribution in [0.1, 0.15) is 44.0 Å². The fourth-order valence-corrected chi connectivity index (χ4v) is 3.76. The van der Waals surface area contributed by atoms with Gasteiger partial charge in [-0.05, 0) is 37.1 Å². The fraction of sp³-hybridized carbons (Fsp3) is 0.611. The molecule has 1 fully saturated rings. The first-order valence-corrected chi connectivity index (χ1v) is 9.03. The zero-order chi connectivity index (χ0) is 15.5. The summed E-state index contributed by atoms with van der Waals surface area (Å²) in [5, 5.41) is 0. The Morgan fingerprint density at radius 3 is 2.71 bits per heavy atom. The second-order valence-corrected chi connectivity index (χ2v) is 8.05. The summed E-state index contributed by atoms with van der Waals surface area (Å²) >= 11 is 1.66. The van der Waals surface area contributed by atoms with Crippen LogP contribution in [-0.4, -0.2) is 36.6 Å². The number of ketones is 1. The molecular formula is C18H27NOS. The smallest absolute Gasteiger partial charge is 0.168 e. The molecule has 0 bridgehead atoms. The van der Waals surface area contributed by atoms with Crippen molar-refractivity contribution < 1.29 is 4.79 Å². The number of Topliss-reactive ketones (excluding diaryl/α,β-unsaturated/α-hetero) is 1. The predicted molar refractivity (Wildman–Crippen MR) is 91.2 cm³/mol. The van der Waals surface area contributed by atoms with Gasteiger partial charge in [0.25, 0.3) is 0 Å². The Kier molecular flexibility index (Phi) is 5.50. The summed E-state index contributed by atoms with van der Waals surface area (Å²) in [5.41, 5.74) is 1.20. The van der Waals surface area contributed by atoms with Gasteiger partial charge < -0.3 is 4.90 Å². The maximum Gasteiger partial charge on any atom is 0.168 e. The van der Waals surface area contributed by atoms with Gasteiger partial charge in [0, 0.05) is 29.5 Å². The molecule has 0 unspecified atom stereocenters. The summed E-state index contributed by atoms with van der Waals surface area (Å²) in [6.07, 6.45) is 4.20. The van der Waals surface area contributed by atoms with E-state index in [0.717, 1.165) is 42.9 Å². The molecule has 1 saturated heterocycles. The van der Waals surface area contributed by atoms with Gasteiger partial charge in [-0.3, -0.25) is 4.79 Å². The van der Waals surface area contributed by atoms with E-state index >= 15 is 0 Å². The molecule has 1 aliphatic rings. The van der Waals surface area contributed by atoms with Gasteiger partial charge in [0.2, 0.25) is 0 Å². The van der Waals surface area contributed by atoms with Crippen molar-refractivity contribution in [1.82, 2.24) is 4.90 Å². The average Bonchev–Trinajstić information content (AvgIpc) is 2.45. The molecule has 116 valence electrons. The quantitative estimate of drug-likeness (QED) is 0.609. The Balaban J connectivity index is 2.08. The number of piperidine rings is 1.